The molecule has 4 N–H and O–H groups in total. The number of carboxylic acids is 1. The molecule has 278 valence electrons. The molecule has 0 spiro atoms. The van der Waals surface area contributed by atoms with Crippen LogP contribution in [0.4, 0.5) is 39.5 Å². The summed E-state index contributed by atoms with van der Waals surface area (Å²) >= 11 is 0. The van der Waals surface area contributed by atoms with Crippen LogP contribution in [0.2, 0.25) is 0 Å². The standard InChI is InChI=1S/C34H33F9N2O5S/c1-50-29-11-6-19(17-2-4-18(5-3-17)31(46)47)14-26(29)24-8-7-21(32(35,36)37)16-25(24)27-9-10-28-30(44-51(48,49)45(27)28)20-12-22(33(38,39)40)15-23(13-20)34(41,42)43/h6-8,11-18,27-28,30,44,48-49H,2-5,9-10H2,1H3,(H,46,47)/t17?,18?,27-,28-,30+/m0/s1. The minimum Gasteiger partial charge on any atom is -0.496 e. The average molecular weight is 753 g/mol. The second kappa shape index (κ2) is 13.2. The van der Waals surface area contributed by atoms with Gasteiger partial charge in [-0.05, 0) is 109 Å². The molecule has 0 amide bonds. The minimum atomic E-state index is -5.16. The summed E-state index contributed by atoms with van der Waals surface area (Å²) in [4.78, 5) is 11.5. The van der Waals surface area contributed by atoms with Gasteiger partial charge in [-0.3, -0.25) is 13.9 Å². The lowest BCUT2D eigenvalue weighted by molar-refractivity contribution is -0.144. The van der Waals surface area contributed by atoms with E-state index in [1.807, 2.05) is 0 Å². The molecule has 0 radical (unpaired) electrons. The van der Waals surface area contributed by atoms with Crippen LogP contribution < -0.4 is 9.46 Å². The summed E-state index contributed by atoms with van der Waals surface area (Å²) in [5.41, 5.74) is -3.36. The van der Waals surface area contributed by atoms with Gasteiger partial charge in [0, 0.05) is 5.56 Å². The number of rotatable bonds is 6. The lowest BCUT2D eigenvalue weighted by Crippen LogP contribution is -2.30. The number of benzene rings is 3. The molecule has 2 saturated heterocycles. The summed E-state index contributed by atoms with van der Waals surface area (Å²) in [5.74, 6) is -1.14. The van der Waals surface area contributed by atoms with Crippen LogP contribution in [0.15, 0.2) is 54.6 Å². The van der Waals surface area contributed by atoms with E-state index in [0.717, 1.165) is 22.0 Å². The van der Waals surface area contributed by atoms with Gasteiger partial charge in [-0.15, -0.1) is 0 Å². The number of carbonyl (C=O) groups is 1. The highest BCUT2D eigenvalue weighted by Crippen LogP contribution is 2.63. The molecule has 0 unspecified atom stereocenters. The number of aliphatic carboxylic acids is 1. The predicted molar refractivity (Wildman–Crippen MR) is 169 cm³/mol. The van der Waals surface area contributed by atoms with Crippen LogP contribution in [-0.2, 0) is 23.3 Å². The number of carboxylic acid groups (broad SMARTS) is 1. The minimum absolute atomic E-state index is 0.000178. The molecule has 7 nitrogen and oxygen atoms in total. The smallest absolute Gasteiger partial charge is 0.416 e. The van der Waals surface area contributed by atoms with Crippen LogP contribution in [0.25, 0.3) is 11.1 Å². The maximum absolute atomic E-state index is 14.1. The Hall–Kier alpha value is -3.51. The van der Waals surface area contributed by atoms with Crippen molar-refractivity contribution in [2.45, 2.75) is 81.1 Å². The molecule has 0 aromatic heterocycles. The first-order valence-electron chi connectivity index (χ1n) is 15.9. The number of halogens is 9. The fourth-order valence-corrected chi connectivity index (χ4v) is 9.60. The third-order valence-corrected chi connectivity index (χ3v) is 11.8. The number of hydrogen-bond donors (Lipinski definition) is 4. The summed E-state index contributed by atoms with van der Waals surface area (Å²) in [6.45, 7) is 0. The Labute approximate surface area is 288 Å². The van der Waals surface area contributed by atoms with Gasteiger partial charge in [0.15, 0.2) is 0 Å². The van der Waals surface area contributed by atoms with Gasteiger partial charge in [-0.2, -0.15) is 48.5 Å². The Morgan fingerprint density at radius 3 is 1.90 bits per heavy atom. The molecule has 2 aliphatic heterocycles. The van der Waals surface area contributed by atoms with E-state index in [4.69, 9.17) is 4.74 Å². The summed E-state index contributed by atoms with van der Waals surface area (Å²) in [6.07, 6.45) is -13.2. The lowest BCUT2D eigenvalue weighted by Gasteiger charge is -2.40. The molecule has 3 fully saturated rings. The molecule has 1 saturated carbocycles. The average Bonchev–Trinajstić information content (AvgIpc) is 3.62. The number of hydrogen-bond acceptors (Lipinski definition) is 6. The quantitative estimate of drug-likeness (QED) is 0.186. The van der Waals surface area contributed by atoms with Gasteiger partial charge in [0.2, 0.25) is 0 Å². The van der Waals surface area contributed by atoms with Gasteiger partial charge >= 0.3 is 24.5 Å². The topological polar surface area (TPSA) is 102 Å². The molecule has 3 atom stereocenters. The number of alkyl halides is 9. The van der Waals surface area contributed by atoms with Crippen LogP contribution in [0.5, 0.6) is 5.75 Å². The molecule has 0 bridgehead atoms. The Kier molecular flexibility index (Phi) is 9.62. The summed E-state index contributed by atoms with van der Waals surface area (Å²) < 4.78 is 156. The number of ether oxygens (including phenoxy) is 1. The van der Waals surface area contributed by atoms with Gasteiger partial charge < -0.3 is 9.84 Å². The SMILES string of the molecule is COc1ccc(C2CCC(C(=O)O)CC2)cc1-c1ccc(C(F)(F)F)cc1[C@@H]1CC[C@H]2[C@@H](c3cc(C(F)(F)F)cc(C(F)(F)F)c3)NS(O)(O)N12. The van der Waals surface area contributed by atoms with Crippen molar-refractivity contribution in [3.8, 4) is 16.9 Å². The molecule has 17 heteroatoms. The molecule has 51 heavy (non-hydrogen) atoms. The Balaban J connectivity index is 1.43. The molecular formula is C34H33F9N2O5S. The highest BCUT2D eigenvalue weighted by Gasteiger charge is 2.54. The van der Waals surface area contributed by atoms with Crippen molar-refractivity contribution >= 4 is 16.9 Å². The Morgan fingerprint density at radius 1 is 0.745 bits per heavy atom. The van der Waals surface area contributed by atoms with Crippen molar-refractivity contribution in [3.63, 3.8) is 0 Å². The third kappa shape index (κ3) is 7.27. The number of nitrogens with one attached hydrogen (secondary N) is 1. The van der Waals surface area contributed by atoms with Crippen molar-refractivity contribution < 1.29 is 63.3 Å². The maximum Gasteiger partial charge on any atom is 0.416 e. The van der Waals surface area contributed by atoms with Crippen molar-refractivity contribution in [1.29, 1.82) is 0 Å². The van der Waals surface area contributed by atoms with Gasteiger partial charge in [0.1, 0.15) is 5.75 Å². The van der Waals surface area contributed by atoms with E-state index in [9.17, 15) is 58.5 Å². The Bertz CT molecular complexity index is 1770. The van der Waals surface area contributed by atoms with E-state index in [-0.39, 0.29) is 41.7 Å². The van der Waals surface area contributed by atoms with Crippen LogP contribution in [-0.4, -0.2) is 37.6 Å². The fraction of sp³-hybridized carbons (Fsp3) is 0.441. The van der Waals surface area contributed by atoms with Gasteiger partial charge in [0.05, 0.1) is 47.8 Å². The zero-order chi connectivity index (χ0) is 37.3. The van der Waals surface area contributed by atoms with Crippen LogP contribution in [0.1, 0.15) is 89.9 Å². The summed E-state index contributed by atoms with van der Waals surface area (Å²) in [5, 5.41) is 9.41. The molecule has 3 aromatic carbocycles. The second-order valence-electron chi connectivity index (χ2n) is 13.1. The summed E-state index contributed by atoms with van der Waals surface area (Å²) in [7, 11) is -2.79. The molecule has 1 aliphatic carbocycles. The number of methoxy groups -OCH3 is 1. The monoisotopic (exact) mass is 752 g/mol. The molecule has 3 aromatic rings. The van der Waals surface area contributed by atoms with Crippen molar-refractivity contribution in [3.05, 3.63) is 88.0 Å². The van der Waals surface area contributed by atoms with Crippen LogP contribution in [0.3, 0.4) is 0 Å². The molecular weight excluding hydrogens is 719 g/mol. The van der Waals surface area contributed by atoms with E-state index in [0.29, 0.717) is 43.4 Å². The second-order valence-corrected chi connectivity index (χ2v) is 14.8. The lowest BCUT2D eigenvalue weighted by atomic mass is 9.78. The maximum atomic E-state index is 14.1. The van der Waals surface area contributed by atoms with Crippen molar-refractivity contribution in [1.82, 2.24) is 9.03 Å². The zero-order valence-electron chi connectivity index (χ0n) is 26.7. The van der Waals surface area contributed by atoms with E-state index >= 15 is 0 Å². The van der Waals surface area contributed by atoms with E-state index in [1.54, 1.807) is 18.2 Å². The first-order chi connectivity index (χ1) is 23.7. The van der Waals surface area contributed by atoms with Gasteiger partial charge in [0.25, 0.3) is 0 Å². The third-order valence-electron chi connectivity index (χ3n) is 10.1. The first-order valence-corrected chi connectivity index (χ1v) is 17.4. The van der Waals surface area contributed by atoms with E-state index in [2.05, 4.69) is 4.72 Å². The number of fused-ring (bicyclic) bond motifs is 1. The number of nitrogens with zero attached hydrogens (tertiary/aromatic N) is 1. The summed E-state index contributed by atoms with van der Waals surface area (Å²) in [6, 6.07) is 5.35. The van der Waals surface area contributed by atoms with Crippen molar-refractivity contribution in [2.24, 2.45) is 5.92 Å². The predicted octanol–water partition coefficient (Wildman–Crippen LogP) is 10.2. The van der Waals surface area contributed by atoms with Crippen LogP contribution >= 0.6 is 11.0 Å². The normalized spacial score (nSPS) is 26.2. The molecule has 2 heterocycles. The van der Waals surface area contributed by atoms with E-state index < -0.39 is 81.8 Å². The van der Waals surface area contributed by atoms with Crippen LogP contribution in [0, 0.1) is 5.92 Å². The first kappa shape index (κ1) is 37.3. The molecule has 3 aliphatic rings. The van der Waals surface area contributed by atoms with Gasteiger partial charge in [-0.1, -0.05) is 23.1 Å². The fourth-order valence-electron chi connectivity index (χ4n) is 7.67. The molecule has 6 rings (SSSR count). The van der Waals surface area contributed by atoms with Gasteiger partial charge in [-0.25, -0.2) is 0 Å². The largest absolute Gasteiger partial charge is 0.496 e. The zero-order valence-corrected chi connectivity index (χ0v) is 27.6. The highest BCUT2D eigenvalue weighted by atomic mass is 32.3. The highest BCUT2D eigenvalue weighted by molar-refractivity contribution is 8.20. The van der Waals surface area contributed by atoms with E-state index in [1.165, 1.54) is 13.2 Å². The van der Waals surface area contributed by atoms with Crippen molar-refractivity contribution in [2.75, 3.05) is 7.11 Å². The Morgan fingerprint density at radius 2 is 1.35 bits per heavy atom.